The normalized spacial score (nSPS) is 17.7. The van der Waals surface area contributed by atoms with E-state index in [0.29, 0.717) is 5.92 Å². The Hall–Kier alpha value is -7.16. The largest absolute Gasteiger partial charge is 0.310 e. The Kier molecular flexibility index (Phi) is 8.70. The van der Waals surface area contributed by atoms with E-state index < -0.39 is 0 Å². The molecule has 14 rings (SSSR count). The maximum atomic E-state index is 2.64. The molecule has 324 valence electrons. The smallest absolute Gasteiger partial charge is 0.0543 e. The number of benzene rings is 9. The van der Waals surface area contributed by atoms with Crippen LogP contribution in [0.15, 0.2) is 188 Å². The van der Waals surface area contributed by atoms with Crippen molar-refractivity contribution in [2.24, 2.45) is 0 Å². The Morgan fingerprint density at radius 3 is 1.49 bits per heavy atom. The second-order valence-corrected chi connectivity index (χ2v) is 20.3. The molecule has 9 aromatic rings. The number of fused-ring (bicyclic) bond motifs is 15. The molecular formula is C65H54N2. The quantitative estimate of drug-likeness (QED) is 0.164. The van der Waals surface area contributed by atoms with Crippen molar-refractivity contribution < 1.29 is 0 Å². The topological polar surface area (TPSA) is 6.48 Å². The molecule has 0 bridgehead atoms. The third-order valence-electron chi connectivity index (χ3n) is 16.9. The van der Waals surface area contributed by atoms with E-state index in [-0.39, 0.29) is 10.8 Å². The van der Waals surface area contributed by atoms with Gasteiger partial charge < -0.3 is 9.80 Å². The van der Waals surface area contributed by atoms with Crippen molar-refractivity contribution in [1.29, 1.82) is 0 Å². The zero-order valence-electron chi connectivity index (χ0n) is 38.3. The molecular weight excluding hydrogens is 809 g/mol. The molecule has 2 spiro atoms. The number of para-hydroxylation sites is 2. The number of allylic oxidation sites excluding steroid dienone is 1. The first-order valence-corrected chi connectivity index (χ1v) is 25.0. The van der Waals surface area contributed by atoms with Gasteiger partial charge in [-0.1, -0.05) is 166 Å². The van der Waals surface area contributed by atoms with Crippen LogP contribution in [0, 0.1) is 0 Å². The lowest BCUT2D eigenvalue weighted by Crippen LogP contribution is -2.22. The predicted molar refractivity (Wildman–Crippen MR) is 282 cm³/mol. The summed E-state index contributed by atoms with van der Waals surface area (Å²) in [4.78, 5) is 5.11. The summed E-state index contributed by atoms with van der Waals surface area (Å²) in [5.74, 6) is 0.388. The third kappa shape index (κ3) is 5.62. The van der Waals surface area contributed by atoms with Crippen LogP contribution >= 0.6 is 0 Å². The second-order valence-electron chi connectivity index (χ2n) is 20.3. The van der Waals surface area contributed by atoms with Gasteiger partial charge in [-0.3, -0.25) is 0 Å². The van der Waals surface area contributed by atoms with Crippen LogP contribution in [0.5, 0.6) is 0 Å². The molecule has 0 radical (unpaired) electrons. The standard InChI is InChI=1S/C65H54N2/c1-43-19-18-28-54-61(43)60(42-58-63(54)53-27-11-13-30-56(53)65(58)37-16-17-38-65)67(47-22-6-3-7-23-47)49-34-32-44-39-48(33-31-45(44)40-49)66(46-20-4-2-5-21-46)59-41-57-62(51-25-9-8-24-50(51)59)52-26-10-12-29-55(52)64(57)35-14-15-36-64/h2-13,18,20-34,39-43H,14-17,19,35-38H2,1H3. The maximum Gasteiger partial charge on any atom is 0.0543 e. The molecule has 0 saturated heterocycles. The maximum absolute atomic E-state index is 2.64. The summed E-state index contributed by atoms with van der Waals surface area (Å²) in [6, 6.07) is 69.5. The summed E-state index contributed by atoms with van der Waals surface area (Å²) < 4.78 is 0. The molecule has 1 unspecified atom stereocenters. The minimum Gasteiger partial charge on any atom is -0.310 e. The molecule has 5 aliphatic rings. The Morgan fingerprint density at radius 2 is 0.896 bits per heavy atom. The predicted octanol–water partition coefficient (Wildman–Crippen LogP) is 18.1. The molecule has 2 heteroatoms. The molecule has 9 aromatic carbocycles. The lowest BCUT2D eigenvalue weighted by Gasteiger charge is -2.35. The van der Waals surface area contributed by atoms with Gasteiger partial charge in [-0.15, -0.1) is 0 Å². The van der Waals surface area contributed by atoms with Gasteiger partial charge in [-0.25, -0.2) is 0 Å². The molecule has 0 aromatic heterocycles. The van der Waals surface area contributed by atoms with Crippen LogP contribution < -0.4 is 9.80 Å². The van der Waals surface area contributed by atoms with Crippen molar-refractivity contribution in [3.8, 4) is 22.3 Å². The fourth-order valence-corrected chi connectivity index (χ4v) is 14.0. The van der Waals surface area contributed by atoms with Crippen molar-refractivity contribution in [2.45, 2.75) is 81.5 Å². The molecule has 2 fully saturated rings. The van der Waals surface area contributed by atoms with E-state index in [0.717, 1.165) is 6.42 Å². The van der Waals surface area contributed by atoms with Crippen LogP contribution in [0.3, 0.4) is 0 Å². The summed E-state index contributed by atoms with van der Waals surface area (Å²) in [6.07, 6.45) is 15.9. The zero-order chi connectivity index (χ0) is 44.3. The second kappa shape index (κ2) is 14.9. The molecule has 5 aliphatic carbocycles. The highest BCUT2D eigenvalue weighted by Crippen LogP contribution is 2.62. The van der Waals surface area contributed by atoms with Gasteiger partial charge in [0.15, 0.2) is 0 Å². The highest BCUT2D eigenvalue weighted by Gasteiger charge is 2.48. The molecule has 0 amide bonds. The van der Waals surface area contributed by atoms with Crippen molar-refractivity contribution in [1.82, 2.24) is 0 Å². The number of anilines is 6. The number of hydrogen-bond donors (Lipinski definition) is 0. The minimum absolute atomic E-state index is 0.0608. The van der Waals surface area contributed by atoms with Crippen molar-refractivity contribution >= 4 is 61.7 Å². The van der Waals surface area contributed by atoms with Gasteiger partial charge in [0.2, 0.25) is 0 Å². The molecule has 2 nitrogen and oxygen atoms in total. The van der Waals surface area contributed by atoms with E-state index >= 15 is 0 Å². The highest BCUT2D eigenvalue weighted by molar-refractivity contribution is 6.10. The average Bonchev–Trinajstić information content (AvgIpc) is 4.19. The molecule has 2 saturated carbocycles. The Bertz CT molecular complexity index is 3480. The Morgan fingerprint density at radius 1 is 0.418 bits per heavy atom. The van der Waals surface area contributed by atoms with Crippen LogP contribution in [0.4, 0.5) is 34.1 Å². The monoisotopic (exact) mass is 862 g/mol. The van der Waals surface area contributed by atoms with E-state index in [2.05, 4.69) is 211 Å². The van der Waals surface area contributed by atoms with Crippen molar-refractivity contribution in [3.05, 3.63) is 221 Å². The lowest BCUT2D eigenvalue weighted by molar-refractivity contribution is 0.549. The minimum atomic E-state index is 0.0608. The SMILES string of the molecule is CC1CC=Cc2c3c(cc(N(c4ccccc4)c4ccc5cc(N(c6ccccc6)c6cc7c(c8ccccc68)-c6ccccc6C76CCCC6)ccc5c4)c21)C1(CCCC1)c1ccccc1-3. The van der Waals surface area contributed by atoms with Crippen LogP contribution in [0.25, 0.3) is 49.9 Å². The number of nitrogens with zero attached hydrogens (tertiary/aromatic N) is 2. The van der Waals surface area contributed by atoms with E-state index in [9.17, 15) is 0 Å². The summed E-state index contributed by atoms with van der Waals surface area (Å²) in [5.41, 5.74) is 22.2. The Balaban J connectivity index is 0.944. The first-order valence-electron chi connectivity index (χ1n) is 25.0. The lowest BCUT2D eigenvalue weighted by atomic mass is 9.74. The fraction of sp³-hybridized carbons (Fsp3) is 0.200. The summed E-state index contributed by atoms with van der Waals surface area (Å²) in [5, 5.41) is 5.10. The van der Waals surface area contributed by atoms with E-state index in [1.807, 2.05) is 0 Å². The molecule has 1 atom stereocenters. The molecule has 0 N–H and O–H groups in total. The fourth-order valence-electron chi connectivity index (χ4n) is 14.0. The Labute approximate surface area is 394 Å². The average molecular weight is 863 g/mol. The van der Waals surface area contributed by atoms with Crippen molar-refractivity contribution in [3.63, 3.8) is 0 Å². The van der Waals surface area contributed by atoms with E-state index in [1.165, 1.54) is 157 Å². The van der Waals surface area contributed by atoms with Crippen LogP contribution in [0.2, 0.25) is 0 Å². The highest BCUT2D eigenvalue weighted by atomic mass is 15.2. The van der Waals surface area contributed by atoms with Gasteiger partial charge in [0.1, 0.15) is 0 Å². The van der Waals surface area contributed by atoms with E-state index in [4.69, 9.17) is 0 Å². The van der Waals surface area contributed by atoms with Gasteiger partial charge in [-0.2, -0.15) is 0 Å². The first-order chi connectivity index (χ1) is 33.1. The van der Waals surface area contributed by atoms with Gasteiger partial charge in [0.05, 0.1) is 11.4 Å². The van der Waals surface area contributed by atoms with Crippen LogP contribution in [0.1, 0.15) is 104 Å². The van der Waals surface area contributed by atoms with Gasteiger partial charge >= 0.3 is 0 Å². The molecule has 67 heavy (non-hydrogen) atoms. The van der Waals surface area contributed by atoms with Crippen molar-refractivity contribution in [2.75, 3.05) is 9.80 Å². The summed E-state index contributed by atoms with van der Waals surface area (Å²) in [7, 11) is 0. The summed E-state index contributed by atoms with van der Waals surface area (Å²) in [6.45, 7) is 2.44. The van der Waals surface area contributed by atoms with Gasteiger partial charge in [0.25, 0.3) is 0 Å². The third-order valence-corrected chi connectivity index (χ3v) is 16.9. The molecule has 0 aliphatic heterocycles. The van der Waals surface area contributed by atoms with Gasteiger partial charge in [0, 0.05) is 39.0 Å². The van der Waals surface area contributed by atoms with Crippen LogP contribution in [-0.4, -0.2) is 0 Å². The van der Waals surface area contributed by atoms with Crippen LogP contribution in [-0.2, 0) is 10.8 Å². The number of hydrogen-bond acceptors (Lipinski definition) is 2. The van der Waals surface area contributed by atoms with Gasteiger partial charge in [-0.05, 0) is 170 Å². The first kappa shape index (κ1) is 39.0. The zero-order valence-corrected chi connectivity index (χ0v) is 38.3. The van der Waals surface area contributed by atoms with E-state index in [1.54, 1.807) is 5.56 Å². The number of rotatable bonds is 6. The summed E-state index contributed by atoms with van der Waals surface area (Å²) >= 11 is 0. The molecule has 0 heterocycles.